The zero-order chi connectivity index (χ0) is 14.1. The Morgan fingerprint density at radius 1 is 1.05 bits per heavy atom. The summed E-state index contributed by atoms with van der Waals surface area (Å²) in [5.74, 6) is 1.05. The lowest BCUT2D eigenvalue weighted by atomic mass is 10.3. The molecule has 0 amide bonds. The van der Waals surface area contributed by atoms with Crippen LogP contribution in [0.3, 0.4) is 0 Å². The first-order chi connectivity index (χ1) is 9.74. The molecule has 0 N–H and O–H groups in total. The molecule has 0 saturated carbocycles. The van der Waals surface area contributed by atoms with Crippen LogP contribution in [0.5, 0.6) is 0 Å². The van der Waals surface area contributed by atoms with Crippen molar-refractivity contribution >= 4 is 11.0 Å². The minimum atomic E-state index is -0.0510. The van der Waals surface area contributed by atoms with Crippen molar-refractivity contribution in [2.24, 2.45) is 0 Å². The summed E-state index contributed by atoms with van der Waals surface area (Å²) in [6, 6.07) is 7.73. The minimum Gasteiger partial charge on any atom is -0.423 e. The molecule has 6 heteroatoms. The number of aryl methyl sites for hydroxylation is 2. The van der Waals surface area contributed by atoms with Gasteiger partial charge in [0.1, 0.15) is 6.54 Å². The van der Waals surface area contributed by atoms with Crippen LogP contribution in [-0.4, -0.2) is 19.3 Å². The van der Waals surface area contributed by atoms with E-state index in [4.69, 9.17) is 4.42 Å². The second-order valence-electron chi connectivity index (χ2n) is 4.54. The maximum absolute atomic E-state index is 12.4. The van der Waals surface area contributed by atoms with Gasteiger partial charge in [0.2, 0.25) is 11.8 Å². The minimum absolute atomic E-state index is 0.0510. The van der Waals surface area contributed by atoms with Gasteiger partial charge in [0.05, 0.1) is 11.0 Å². The molecule has 0 aliphatic heterocycles. The molecule has 0 unspecified atom stereocenters. The summed E-state index contributed by atoms with van der Waals surface area (Å²) >= 11 is 0. The Balaban J connectivity index is 2.11. The first kappa shape index (κ1) is 12.7. The van der Waals surface area contributed by atoms with Crippen LogP contribution in [0.1, 0.15) is 25.6 Å². The summed E-state index contributed by atoms with van der Waals surface area (Å²) < 4.78 is 8.91. The highest BCUT2D eigenvalue weighted by Gasteiger charge is 2.14. The van der Waals surface area contributed by atoms with Gasteiger partial charge < -0.3 is 4.42 Å². The summed E-state index contributed by atoms with van der Waals surface area (Å²) in [4.78, 5) is 12.4. The molecular formula is C14H16N4O2. The number of hydrogen-bond donors (Lipinski definition) is 0. The quantitative estimate of drug-likeness (QED) is 0.726. The summed E-state index contributed by atoms with van der Waals surface area (Å²) in [7, 11) is 0. The van der Waals surface area contributed by atoms with E-state index in [9.17, 15) is 4.79 Å². The third kappa shape index (κ3) is 1.93. The van der Waals surface area contributed by atoms with E-state index in [0.29, 0.717) is 31.3 Å². The summed E-state index contributed by atoms with van der Waals surface area (Å²) in [6.45, 7) is 4.85. The van der Waals surface area contributed by atoms with E-state index < -0.39 is 0 Å². The second-order valence-corrected chi connectivity index (χ2v) is 4.54. The maximum Gasteiger partial charge on any atom is 0.329 e. The van der Waals surface area contributed by atoms with Gasteiger partial charge in [-0.15, -0.1) is 10.2 Å². The molecule has 2 heterocycles. The Morgan fingerprint density at radius 3 is 2.30 bits per heavy atom. The van der Waals surface area contributed by atoms with Gasteiger partial charge in [0.15, 0.2) is 0 Å². The van der Waals surface area contributed by atoms with Crippen molar-refractivity contribution < 1.29 is 4.42 Å². The van der Waals surface area contributed by atoms with Crippen molar-refractivity contribution in [1.29, 1.82) is 0 Å². The Labute approximate surface area is 115 Å². The van der Waals surface area contributed by atoms with Crippen LogP contribution in [0.25, 0.3) is 11.0 Å². The fraction of sp³-hybridized carbons (Fsp3) is 0.357. The Hall–Kier alpha value is -2.37. The molecule has 3 rings (SSSR count). The van der Waals surface area contributed by atoms with E-state index in [1.54, 1.807) is 9.13 Å². The molecule has 3 aromatic rings. The van der Waals surface area contributed by atoms with Crippen LogP contribution in [0.15, 0.2) is 33.5 Å². The van der Waals surface area contributed by atoms with Crippen LogP contribution >= 0.6 is 0 Å². The van der Waals surface area contributed by atoms with Crippen LogP contribution in [0.2, 0.25) is 0 Å². The number of nitrogens with zero attached hydrogens (tertiary/aromatic N) is 4. The number of hydrogen-bond acceptors (Lipinski definition) is 4. The zero-order valence-electron chi connectivity index (χ0n) is 11.5. The van der Waals surface area contributed by atoms with Gasteiger partial charge in [0, 0.05) is 13.0 Å². The highest BCUT2D eigenvalue weighted by Crippen LogP contribution is 2.14. The monoisotopic (exact) mass is 272 g/mol. The molecule has 0 atom stereocenters. The van der Waals surface area contributed by atoms with Gasteiger partial charge in [-0.05, 0) is 19.1 Å². The Kier molecular flexibility index (Phi) is 3.14. The van der Waals surface area contributed by atoms with E-state index in [-0.39, 0.29) is 5.69 Å². The van der Waals surface area contributed by atoms with Gasteiger partial charge >= 0.3 is 5.69 Å². The van der Waals surface area contributed by atoms with Gasteiger partial charge in [0.25, 0.3) is 0 Å². The SMILES string of the molecule is CCc1nnc(Cn2c(=O)n(CC)c3ccccc32)o1. The van der Waals surface area contributed by atoms with Crippen LogP contribution in [-0.2, 0) is 19.5 Å². The molecule has 0 saturated heterocycles. The number of imidazole rings is 1. The molecular weight excluding hydrogens is 256 g/mol. The lowest BCUT2D eigenvalue weighted by Gasteiger charge is -1.98. The predicted molar refractivity (Wildman–Crippen MR) is 74.7 cm³/mol. The first-order valence-corrected chi connectivity index (χ1v) is 6.74. The fourth-order valence-electron chi connectivity index (χ4n) is 2.36. The number of fused-ring (bicyclic) bond motifs is 1. The molecule has 0 aliphatic rings. The molecule has 20 heavy (non-hydrogen) atoms. The van der Waals surface area contributed by atoms with E-state index in [1.165, 1.54) is 0 Å². The first-order valence-electron chi connectivity index (χ1n) is 6.74. The molecule has 104 valence electrons. The average Bonchev–Trinajstić information content (AvgIpc) is 3.03. The largest absolute Gasteiger partial charge is 0.423 e. The number of para-hydroxylation sites is 2. The van der Waals surface area contributed by atoms with Crippen molar-refractivity contribution in [3.05, 3.63) is 46.5 Å². The van der Waals surface area contributed by atoms with Crippen molar-refractivity contribution in [2.75, 3.05) is 0 Å². The molecule has 6 nitrogen and oxygen atoms in total. The molecule has 0 aliphatic carbocycles. The summed E-state index contributed by atoms with van der Waals surface area (Å²) in [6.07, 6.45) is 0.693. The third-order valence-electron chi connectivity index (χ3n) is 3.35. The van der Waals surface area contributed by atoms with E-state index >= 15 is 0 Å². The van der Waals surface area contributed by atoms with Gasteiger partial charge in [-0.3, -0.25) is 9.13 Å². The van der Waals surface area contributed by atoms with E-state index in [2.05, 4.69) is 10.2 Å². The predicted octanol–water partition coefficient (Wildman–Crippen LogP) is 1.82. The lowest BCUT2D eigenvalue weighted by Crippen LogP contribution is -2.24. The standard InChI is InChI=1S/C14H16N4O2/c1-3-12-15-16-13(20-12)9-18-11-8-6-5-7-10(11)17(4-2)14(18)19/h5-8H,3-4,9H2,1-2H3. The van der Waals surface area contributed by atoms with Crippen molar-refractivity contribution in [1.82, 2.24) is 19.3 Å². The van der Waals surface area contributed by atoms with Gasteiger partial charge in [-0.1, -0.05) is 19.1 Å². The number of aromatic nitrogens is 4. The molecule has 2 aromatic heterocycles. The highest BCUT2D eigenvalue weighted by atomic mass is 16.4. The Morgan fingerprint density at radius 2 is 1.70 bits per heavy atom. The third-order valence-corrected chi connectivity index (χ3v) is 3.35. The van der Waals surface area contributed by atoms with E-state index in [0.717, 1.165) is 11.0 Å². The number of benzene rings is 1. The zero-order valence-corrected chi connectivity index (χ0v) is 11.5. The van der Waals surface area contributed by atoms with Crippen molar-refractivity contribution in [2.45, 2.75) is 33.4 Å². The normalized spacial score (nSPS) is 11.3. The lowest BCUT2D eigenvalue weighted by molar-refractivity contribution is 0.441. The topological polar surface area (TPSA) is 65.8 Å². The van der Waals surface area contributed by atoms with Crippen molar-refractivity contribution in [3.8, 4) is 0 Å². The molecule has 0 bridgehead atoms. The summed E-state index contributed by atoms with van der Waals surface area (Å²) in [5, 5.41) is 7.91. The summed E-state index contributed by atoms with van der Waals surface area (Å²) in [5.41, 5.74) is 1.76. The molecule has 1 aromatic carbocycles. The Bertz CT molecular complexity index is 797. The van der Waals surface area contributed by atoms with Gasteiger partial charge in [-0.2, -0.15) is 0 Å². The van der Waals surface area contributed by atoms with Crippen LogP contribution in [0, 0.1) is 0 Å². The maximum atomic E-state index is 12.4. The second kappa shape index (κ2) is 4.96. The fourth-order valence-corrected chi connectivity index (χ4v) is 2.36. The molecule has 0 spiro atoms. The van der Waals surface area contributed by atoms with Gasteiger partial charge in [-0.25, -0.2) is 4.79 Å². The van der Waals surface area contributed by atoms with Crippen LogP contribution < -0.4 is 5.69 Å². The number of rotatable bonds is 4. The molecule has 0 radical (unpaired) electrons. The van der Waals surface area contributed by atoms with Crippen molar-refractivity contribution in [3.63, 3.8) is 0 Å². The molecule has 0 fully saturated rings. The average molecular weight is 272 g/mol. The highest BCUT2D eigenvalue weighted by molar-refractivity contribution is 5.76. The van der Waals surface area contributed by atoms with Crippen LogP contribution in [0.4, 0.5) is 0 Å². The smallest absolute Gasteiger partial charge is 0.329 e. The van der Waals surface area contributed by atoms with E-state index in [1.807, 2.05) is 38.1 Å².